The van der Waals surface area contributed by atoms with E-state index < -0.39 is 0 Å². The van der Waals surface area contributed by atoms with Gasteiger partial charge in [0.2, 0.25) is 0 Å². The summed E-state index contributed by atoms with van der Waals surface area (Å²) >= 11 is 0. The summed E-state index contributed by atoms with van der Waals surface area (Å²) in [4.78, 5) is 0. The van der Waals surface area contributed by atoms with Gasteiger partial charge in [0.25, 0.3) is 0 Å². The van der Waals surface area contributed by atoms with Gasteiger partial charge < -0.3 is 19.7 Å². The molecule has 0 amide bonds. The van der Waals surface area contributed by atoms with E-state index in [9.17, 15) is 0 Å². The maximum Gasteiger partial charge on any atom is 0.186 e. The molecule has 3 aromatic carbocycles. The van der Waals surface area contributed by atoms with Crippen LogP contribution in [0.1, 0.15) is 0 Å². The highest BCUT2D eigenvalue weighted by atomic mass is 16.6. The third-order valence-corrected chi connectivity index (χ3v) is 3.72. The molecule has 0 aliphatic heterocycles. The summed E-state index contributed by atoms with van der Waals surface area (Å²) in [6, 6.07) is 23.4. The minimum Gasteiger partial charge on any atom is -0.468 e. The molecule has 4 heteroatoms. The Balaban J connectivity index is 1.77. The van der Waals surface area contributed by atoms with Crippen molar-refractivity contribution in [3.63, 3.8) is 0 Å². The Morgan fingerprint density at radius 2 is 0.708 bits per heavy atom. The number of hydrogen-bond acceptors (Lipinski definition) is 4. The third kappa shape index (κ3) is 3.74. The van der Waals surface area contributed by atoms with Gasteiger partial charge in [-0.2, -0.15) is 0 Å². The number of rotatable bonds is 6. The van der Waals surface area contributed by atoms with E-state index in [1.54, 1.807) is 0 Å². The highest BCUT2D eigenvalue weighted by Crippen LogP contribution is 2.27. The first-order valence-corrected chi connectivity index (χ1v) is 7.58. The molecule has 0 heterocycles. The average Bonchev–Trinajstić information content (AvgIpc) is 2.64. The predicted octanol–water partition coefficient (Wildman–Crippen LogP) is 3.68. The molecule has 122 valence electrons. The van der Waals surface area contributed by atoms with Gasteiger partial charge in [0.05, 0.1) is 0 Å². The molecular weight excluding hydrogens is 304 g/mol. The predicted molar refractivity (Wildman–Crippen MR) is 92.7 cm³/mol. The summed E-state index contributed by atoms with van der Waals surface area (Å²) in [7, 11) is 0. The molecule has 0 aliphatic rings. The second-order valence-electron chi connectivity index (χ2n) is 5.17. The quantitative estimate of drug-likeness (QED) is 0.680. The molecule has 3 aromatic rings. The normalized spacial score (nSPS) is 10.4. The standard InChI is InChI=1S/C20H18O4/c21-13-23-19-9-5-17(6-10-19)15-1-2-16(4-3-15)18-7-11-20(12-8-18)24-14-22/h1-12,21-22H,13-14H2. The second kappa shape index (κ2) is 7.64. The van der Waals surface area contributed by atoms with Gasteiger partial charge in [-0.1, -0.05) is 48.5 Å². The maximum atomic E-state index is 8.75. The molecule has 24 heavy (non-hydrogen) atoms. The van der Waals surface area contributed by atoms with Crippen LogP contribution in [0.3, 0.4) is 0 Å². The maximum absolute atomic E-state index is 8.75. The van der Waals surface area contributed by atoms with Gasteiger partial charge in [0.15, 0.2) is 13.6 Å². The van der Waals surface area contributed by atoms with Crippen molar-refractivity contribution in [2.45, 2.75) is 0 Å². The minimum atomic E-state index is -0.323. The van der Waals surface area contributed by atoms with Crippen molar-refractivity contribution in [2.75, 3.05) is 13.6 Å². The molecule has 0 saturated carbocycles. The highest BCUT2D eigenvalue weighted by molar-refractivity contribution is 5.71. The molecule has 0 unspecified atom stereocenters. The second-order valence-corrected chi connectivity index (χ2v) is 5.17. The molecule has 3 rings (SSSR count). The van der Waals surface area contributed by atoms with Crippen LogP contribution in [0.5, 0.6) is 11.5 Å². The van der Waals surface area contributed by atoms with Crippen LogP contribution < -0.4 is 9.47 Å². The van der Waals surface area contributed by atoms with E-state index in [-0.39, 0.29) is 13.6 Å². The van der Waals surface area contributed by atoms with Crippen molar-refractivity contribution >= 4 is 0 Å². The summed E-state index contributed by atoms with van der Waals surface area (Å²) in [5.41, 5.74) is 4.38. The Kier molecular flexibility index (Phi) is 5.11. The Labute approximate surface area is 140 Å². The number of hydrogen-bond donors (Lipinski definition) is 2. The van der Waals surface area contributed by atoms with Gasteiger partial charge in [0.1, 0.15) is 11.5 Å². The van der Waals surface area contributed by atoms with Gasteiger partial charge in [-0.25, -0.2) is 0 Å². The number of benzene rings is 3. The Hall–Kier alpha value is -2.82. The molecule has 0 spiro atoms. The van der Waals surface area contributed by atoms with Crippen LogP contribution >= 0.6 is 0 Å². The van der Waals surface area contributed by atoms with E-state index in [0.29, 0.717) is 11.5 Å². The van der Waals surface area contributed by atoms with Crippen LogP contribution in [0.4, 0.5) is 0 Å². The van der Waals surface area contributed by atoms with E-state index in [1.807, 2.05) is 48.5 Å². The fraction of sp³-hybridized carbons (Fsp3) is 0.100. The molecule has 0 aliphatic carbocycles. The van der Waals surface area contributed by atoms with Crippen LogP contribution in [0.15, 0.2) is 72.8 Å². The summed E-state index contributed by atoms with van der Waals surface area (Å²) in [6.45, 7) is -0.646. The van der Waals surface area contributed by atoms with Gasteiger partial charge in [-0.3, -0.25) is 0 Å². The fourth-order valence-electron chi connectivity index (χ4n) is 2.49. The first kappa shape index (κ1) is 16.1. The minimum absolute atomic E-state index is 0.323. The Morgan fingerprint density at radius 1 is 0.458 bits per heavy atom. The van der Waals surface area contributed by atoms with Crippen LogP contribution in [0.25, 0.3) is 22.3 Å². The fourth-order valence-corrected chi connectivity index (χ4v) is 2.49. The molecular formula is C20H18O4. The molecule has 0 aromatic heterocycles. The Morgan fingerprint density at radius 3 is 0.958 bits per heavy atom. The van der Waals surface area contributed by atoms with Crippen LogP contribution in [0, 0.1) is 0 Å². The van der Waals surface area contributed by atoms with Gasteiger partial charge >= 0.3 is 0 Å². The molecule has 0 bridgehead atoms. The summed E-state index contributed by atoms with van der Waals surface area (Å²) in [6.07, 6.45) is 0. The first-order valence-electron chi connectivity index (χ1n) is 7.58. The highest BCUT2D eigenvalue weighted by Gasteiger charge is 2.02. The van der Waals surface area contributed by atoms with E-state index in [4.69, 9.17) is 19.7 Å². The van der Waals surface area contributed by atoms with Crippen molar-refractivity contribution in [2.24, 2.45) is 0 Å². The molecule has 4 nitrogen and oxygen atoms in total. The summed E-state index contributed by atoms with van der Waals surface area (Å²) in [5.74, 6) is 1.28. The smallest absolute Gasteiger partial charge is 0.186 e. The lowest BCUT2D eigenvalue weighted by atomic mass is 10.0. The van der Waals surface area contributed by atoms with Gasteiger partial charge in [-0.05, 0) is 46.5 Å². The first-order chi connectivity index (χ1) is 11.8. The molecule has 0 radical (unpaired) electrons. The van der Waals surface area contributed by atoms with Crippen molar-refractivity contribution in [3.8, 4) is 33.8 Å². The molecule has 2 N–H and O–H groups in total. The van der Waals surface area contributed by atoms with Crippen LogP contribution in [-0.4, -0.2) is 23.8 Å². The topological polar surface area (TPSA) is 58.9 Å². The summed E-state index contributed by atoms with van der Waals surface area (Å²) in [5, 5.41) is 17.5. The van der Waals surface area contributed by atoms with Gasteiger partial charge in [-0.15, -0.1) is 0 Å². The zero-order valence-corrected chi connectivity index (χ0v) is 13.1. The van der Waals surface area contributed by atoms with Crippen LogP contribution in [-0.2, 0) is 0 Å². The summed E-state index contributed by atoms with van der Waals surface area (Å²) < 4.78 is 10.1. The third-order valence-electron chi connectivity index (χ3n) is 3.72. The monoisotopic (exact) mass is 322 g/mol. The lowest BCUT2D eigenvalue weighted by molar-refractivity contribution is 0.0981. The average molecular weight is 322 g/mol. The zero-order chi connectivity index (χ0) is 16.8. The lowest BCUT2D eigenvalue weighted by Gasteiger charge is -2.07. The van der Waals surface area contributed by atoms with Gasteiger partial charge in [0, 0.05) is 0 Å². The zero-order valence-electron chi connectivity index (χ0n) is 13.1. The Bertz CT molecular complexity index is 694. The van der Waals surface area contributed by atoms with E-state index in [1.165, 1.54) is 0 Å². The van der Waals surface area contributed by atoms with Crippen molar-refractivity contribution in [1.82, 2.24) is 0 Å². The largest absolute Gasteiger partial charge is 0.468 e. The molecule has 0 saturated heterocycles. The van der Waals surface area contributed by atoms with E-state index in [0.717, 1.165) is 22.3 Å². The van der Waals surface area contributed by atoms with Crippen molar-refractivity contribution < 1.29 is 19.7 Å². The molecule has 0 atom stereocenters. The van der Waals surface area contributed by atoms with Crippen molar-refractivity contribution in [3.05, 3.63) is 72.8 Å². The van der Waals surface area contributed by atoms with E-state index >= 15 is 0 Å². The van der Waals surface area contributed by atoms with Crippen molar-refractivity contribution in [1.29, 1.82) is 0 Å². The molecule has 0 fully saturated rings. The number of aliphatic hydroxyl groups is 2. The SMILES string of the molecule is OCOc1ccc(-c2ccc(-c3ccc(OCO)cc3)cc2)cc1. The number of ether oxygens (including phenoxy) is 2. The van der Waals surface area contributed by atoms with Crippen LogP contribution in [0.2, 0.25) is 0 Å². The van der Waals surface area contributed by atoms with E-state index in [2.05, 4.69) is 24.3 Å². The lowest BCUT2D eigenvalue weighted by Crippen LogP contribution is -1.94. The number of aliphatic hydroxyl groups excluding tert-OH is 2.